The highest BCUT2D eigenvalue weighted by Gasteiger charge is 2.10. The van der Waals surface area contributed by atoms with Crippen LogP contribution >= 0.6 is 11.6 Å². The number of anilines is 1. The molecule has 0 amide bonds. The van der Waals surface area contributed by atoms with Crippen LogP contribution in [0.4, 0.5) is 5.82 Å². The van der Waals surface area contributed by atoms with Crippen molar-refractivity contribution in [1.29, 1.82) is 0 Å². The first-order chi connectivity index (χ1) is 8.16. The van der Waals surface area contributed by atoms with Crippen molar-refractivity contribution in [2.24, 2.45) is 7.05 Å². The monoisotopic (exact) mass is 247 g/mol. The Morgan fingerprint density at radius 1 is 1.41 bits per heavy atom. The summed E-state index contributed by atoms with van der Waals surface area (Å²) >= 11 is 6.06. The fourth-order valence-electron chi connectivity index (χ4n) is 1.92. The summed E-state index contributed by atoms with van der Waals surface area (Å²) in [4.78, 5) is 0. The Labute approximate surface area is 102 Å². The van der Waals surface area contributed by atoms with Crippen molar-refractivity contribution in [2.45, 2.75) is 0 Å². The minimum atomic E-state index is 0.492. The van der Waals surface area contributed by atoms with Crippen molar-refractivity contribution in [2.75, 3.05) is 5.73 Å². The molecule has 0 aliphatic carbocycles. The minimum Gasteiger partial charge on any atom is -0.384 e. The molecule has 6 heteroatoms. The number of aryl methyl sites for hydroxylation is 1. The number of nitrogen functional groups attached to an aromatic ring is 1. The number of benzene rings is 1. The number of aromatic amines is 1. The second-order valence-electron chi connectivity index (χ2n) is 3.84. The van der Waals surface area contributed by atoms with Crippen molar-refractivity contribution in [3.63, 3.8) is 0 Å². The van der Waals surface area contributed by atoms with Crippen molar-refractivity contribution in [1.82, 2.24) is 20.0 Å². The number of nitrogens with zero attached hydrogens (tertiary/aromatic N) is 3. The van der Waals surface area contributed by atoms with Crippen LogP contribution in [0.3, 0.4) is 0 Å². The molecule has 1 aromatic carbocycles. The fourth-order valence-corrected chi connectivity index (χ4v) is 2.18. The zero-order valence-electron chi connectivity index (χ0n) is 9.11. The van der Waals surface area contributed by atoms with Gasteiger partial charge in [-0.3, -0.25) is 9.78 Å². The molecule has 2 aromatic heterocycles. The van der Waals surface area contributed by atoms with Gasteiger partial charge in [0.05, 0.1) is 11.7 Å². The molecule has 3 aromatic rings. The maximum Gasteiger partial charge on any atom is 0.158 e. The molecule has 0 aliphatic heterocycles. The molecule has 3 rings (SSSR count). The number of hydrogen-bond acceptors (Lipinski definition) is 3. The van der Waals surface area contributed by atoms with E-state index in [-0.39, 0.29) is 0 Å². The number of nitrogens with one attached hydrogen (secondary N) is 1. The molecule has 0 aliphatic rings. The number of hydrogen-bond donors (Lipinski definition) is 2. The molecule has 0 saturated carbocycles. The molecule has 2 heterocycles. The van der Waals surface area contributed by atoms with E-state index < -0.39 is 0 Å². The summed E-state index contributed by atoms with van der Waals surface area (Å²) in [6.45, 7) is 0. The topological polar surface area (TPSA) is 72.5 Å². The number of halogens is 1. The Morgan fingerprint density at radius 2 is 2.24 bits per heavy atom. The third-order valence-corrected chi connectivity index (χ3v) is 3.06. The van der Waals surface area contributed by atoms with Crippen molar-refractivity contribution in [3.05, 3.63) is 29.5 Å². The number of aromatic nitrogens is 4. The van der Waals surface area contributed by atoms with Crippen LogP contribution in [0.2, 0.25) is 5.15 Å². The van der Waals surface area contributed by atoms with Crippen LogP contribution < -0.4 is 5.73 Å². The average Bonchev–Trinajstić information content (AvgIpc) is 2.84. The van der Waals surface area contributed by atoms with Crippen LogP contribution in [0.25, 0.3) is 22.0 Å². The molecule has 0 atom stereocenters. The van der Waals surface area contributed by atoms with Gasteiger partial charge in [-0.25, -0.2) is 0 Å². The van der Waals surface area contributed by atoms with Crippen LogP contribution in [0.5, 0.6) is 0 Å². The molecular weight excluding hydrogens is 238 g/mol. The molecule has 0 fully saturated rings. The van der Waals surface area contributed by atoms with E-state index in [9.17, 15) is 0 Å². The smallest absolute Gasteiger partial charge is 0.158 e. The maximum atomic E-state index is 6.06. The predicted octanol–water partition coefficient (Wildman–Crippen LogP) is 2.20. The van der Waals surface area contributed by atoms with Crippen LogP contribution in [0.1, 0.15) is 0 Å². The lowest BCUT2D eigenvalue weighted by atomic mass is 10.1. The summed E-state index contributed by atoms with van der Waals surface area (Å²) in [6.07, 6.45) is 1.70. The molecule has 86 valence electrons. The Hall–Kier alpha value is -2.01. The normalized spacial score (nSPS) is 11.2. The van der Waals surface area contributed by atoms with Crippen molar-refractivity contribution in [3.8, 4) is 11.1 Å². The predicted molar refractivity (Wildman–Crippen MR) is 67.7 cm³/mol. The molecular formula is C11H10ClN5. The molecule has 0 unspecified atom stereocenters. The van der Waals surface area contributed by atoms with E-state index in [1.54, 1.807) is 10.9 Å². The second-order valence-corrected chi connectivity index (χ2v) is 4.20. The standard InChI is InChI=1S/C11H10ClN5/c1-17-9-3-2-6(4-7(9)10(12)16-17)8-5-14-15-11(8)13/h2-5H,1H3,(H3,13,14,15). The highest BCUT2D eigenvalue weighted by molar-refractivity contribution is 6.34. The summed E-state index contributed by atoms with van der Waals surface area (Å²) < 4.78 is 1.75. The summed E-state index contributed by atoms with van der Waals surface area (Å²) in [5.41, 5.74) is 8.61. The lowest BCUT2D eigenvalue weighted by Crippen LogP contribution is -1.89. The molecule has 17 heavy (non-hydrogen) atoms. The van der Waals surface area contributed by atoms with E-state index in [0.717, 1.165) is 22.0 Å². The molecule has 0 saturated heterocycles. The molecule has 5 nitrogen and oxygen atoms in total. The number of H-pyrrole nitrogens is 1. The van der Waals surface area contributed by atoms with Gasteiger partial charge in [0.15, 0.2) is 5.15 Å². The summed E-state index contributed by atoms with van der Waals surface area (Å²) in [7, 11) is 1.86. The van der Waals surface area contributed by atoms with Crippen LogP contribution in [0.15, 0.2) is 24.4 Å². The molecule has 0 spiro atoms. The number of rotatable bonds is 1. The largest absolute Gasteiger partial charge is 0.384 e. The third-order valence-electron chi connectivity index (χ3n) is 2.79. The van der Waals surface area contributed by atoms with Gasteiger partial charge in [0.1, 0.15) is 5.82 Å². The first-order valence-electron chi connectivity index (χ1n) is 5.08. The zero-order valence-corrected chi connectivity index (χ0v) is 9.86. The van der Waals surface area contributed by atoms with E-state index in [0.29, 0.717) is 11.0 Å². The first-order valence-corrected chi connectivity index (χ1v) is 5.46. The molecule has 0 radical (unpaired) electrons. The molecule has 0 bridgehead atoms. The quantitative estimate of drug-likeness (QED) is 0.692. The lowest BCUT2D eigenvalue weighted by Gasteiger charge is -2.00. The summed E-state index contributed by atoms with van der Waals surface area (Å²) in [5, 5.41) is 12.2. The van der Waals surface area contributed by atoms with E-state index >= 15 is 0 Å². The van der Waals surface area contributed by atoms with Crippen LogP contribution in [-0.4, -0.2) is 20.0 Å². The average molecular weight is 248 g/mol. The van der Waals surface area contributed by atoms with Crippen LogP contribution in [-0.2, 0) is 7.05 Å². The Kier molecular flexibility index (Phi) is 2.09. The van der Waals surface area contributed by atoms with Crippen molar-refractivity contribution >= 4 is 28.3 Å². The lowest BCUT2D eigenvalue weighted by molar-refractivity contribution is 0.797. The van der Waals surface area contributed by atoms with Crippen LogP contribution in [0, 0.1) is 0 Å². The molecule has 3 N–H and O–H groups in total. The van der Waals surface area contributed by atoms with Crippen molar-refractivity contribution < 1.29 is 0 Å². The maximum absolute atomic E-state index is 6.06. The van der Waals surface area contributed by atoms with E-state index in [1.165, 1.54) is 0 Å². The fraction of sp³-hybridized carbons (Fsp3) is 0.0909. The van der Waals surface area contributed by atoms with Gasteiger partial charge in [0.25, 0.3) is 0 Å². The first kappa shape index (κ1) is 10.2. The Bertz CT molecular complexity index is 697. The van der Waals surface area contributed by atoms with Gasteiger partial charge in [-0.1, -0.05) is 17.7 Å². The summed E-state index contributed by atoms with van der Waals surface area (Å²) in [5.74, 6) is 0.546. The van der Waals surface area contributed by atoms with Gasteiger partial charge < -0.3 is 5.73 Å². The number of fused-ring (bicyclic) bond motifs is 1. The zero-order chi connectivity index (χ0) is 12.0. The van der Waals surface area contributed by atoms with E-state index in [4.69, 9.17) is 17.3 Å². The SMILES string of the molecule is Cn1nc(Cl)c2cc(-c3cn[nH]c3N)ccc21. The number of nitrogens with two attached hydrogens (primary N) is 1. The van der Waals surface area contributed by atoms with Gasteiger partial charge in [0, 0.05) is 18.0 Å². The minimum absolute atomic E-state index is 0.492. The van der Waals surface area contributed by atoms with Gasteiger partial charge >= 0.3 is 0 Å². The Morgan fingerprint density at radius 3 is 2.94 bits per heavy atom. The van der Waals surface area contributed by atoms with E-state index in [2.05, 4.69) is 15.3 Å². The third kappa shape index (κ3) is 1.47. The van der Waals surface area contributed by atoms with E-state index in [1.807, 2.05) is 25.2 Å². The van der Waals surface area contributed by atoms with Gasteiger partial charge in [-0.05, 0) is 17.7 Å². The highest BCUT2D eigenvalue weighted by Crippen LogP contribution is 2.30. The Balaban J connectivity index is 2.27. The van der Waals surface area contributed by atoms with Gasteiger partial charge in [-0.2, -0.15) is 10.2 Å². The highest BCUT2D eigenvalue weighted by atomic mass is 35.5. The van der Waals surface area contributed by atoms with Gasteiger partial charge in [0.2, 0.25) is 0 Å². The summed E-state index contributed by atoms with van der Waals surface area (Å²) in [6, 6.07) is 5.91. The second kappa shape index (κ2) is 3.49. The van der Waals surface area contributed by atoms with Gasteiger partial charge in [-0.15, -0.1) is 0 Å².